The van der Waals surface area contributed by atoms with Gasteiger partial charge in [0.05, 0.1) is 12.5 Å². The van der Waals surface area contributed by atoms with Gasteiger partial charge in [0.25, 0.3) is 0 Å². The maximum atomic E-state index is 11.7. The number of carbonyl (C=O) groups excluding carboxylic acids is 2. The Morgan fingerprint density at radius 2 is 1.82 bits per heavy atom. The summed E-state index contributed by atoms with van der Waals surface area (Å²) < 4.78 is 0. The lowest BCUT2D eigenvalue weighted by molar-refractivity contribution is -0.135. The molecule has 17 heavy (non-hydrogen) atoms. The van der Waals surface area contributed by atoms with Crippen molar-refractivity contribution < 1.29 is 9.59 Å². The molecule has 0 spiro atoms. The summed E-state index contributed by atoms with van der Waals surface area (Å²) in [4.78, 5) is 25.1. The van der Waals surface area contributed by atoms with Crippen LogP contribution in [0.15, 0.2) is 0 Å². The van der Waals surface area contributed by atoms with E-state index in [0.717, 1.165) is 39.0 Å². The van der Waals surface area contributed by atoms with Crippen LogP contribution in [0.25, 0.3) is 0 Å². The van der Waals surface area contributed by atoms with Crippen LogP contribution >= 0.6 is 12.4 Å². The normalized spacial score (nSPS) is 20.1. The van der Waals surface area contributed by atoms with Crippen LogP contribution in [0.3, 0.4) is 0 Å². The third-order valence-corrected chi connectivity index (χ3v) is 3.27. The zero-order valence-electron chi connectivity index (χ0n) is 9.91. The second kappa shape index (κ2) is 6.81. The van der Waals surface area contributed by atoms with Gasteiger partial charge in [-0.25, -0.2) is 0 Å². The number of likely N-dealkylation sites (tertiary alicyclic amines) is 1. The summed E-state index contributed by atoms with van der Waals surface area (Å²) in [5.74, 6) is 0.124. The van der Waals surface area contributed by atoms with Gasteiger partial charge in [0.15, 0.2) is 0 Å². The average molecular weight is 262 g/mol. The minimum atomic E-state index is 0. The first-order chi connectivity index (χ1) is 7.77. The van der Waals surface area contributed by atoms with Crippen molar-refractivity contribution in [3.8, 4) is 0 Å². The van der Waals surface area contributed by atoms with E-state index in [9.17, 15) is 9.59 Å². The van der Waals surface area contributed by atoms with Gasteiger partial charge in [-0.3, -0.25) is 9.59 Å². The number of rotatable bonds is 3. The van der Waals surface area contributed by atoms with Crippen molar-refractivity contribution in [2.24, 2.45) is 5.92 Å². The van der Waals surface area contributed by atoms with Gasteiger partial charge in [0.2, 0.25) is 11.8 Å². The first kappa shape index (κ1) is 14.3. The van der Waals surface area contributed by atoms with Gasteiger partial charge >= 0.3 is 0 Å². The van der Waals surface area contributed by atoms with E-state index in [-0.39, 0.29) is 36.7 Å². The molecule has 2 heterocycles. The Bertz CT molecular complexity index is 276. The topological polar surface area (TPSA) is 61.4 Å². The van der Waals surface area contributed by atoms with Crippen molar-refractivity contribution >= 4 is 24.2 Å². The van der Waals surface area contributed by atoms with Gasteiger partial charge in [-0.15, -0.1) is 12.4 Å². The van der Waals surface area contributed by atoms with Crippen LogP contribution in [0.5, 0.6) is 0 Å². The molecule has 2 aliphatic rings. The number of carbonyl (C=O) groups is 2. The number of hydrogen-bond donors (Lipinski definition) is 2. The van der Waals surface area contributed by atoms with Gasteiger partial charge in [-0.2, -0.15) is 0 Å². The maximum Gasteiger partial charge on any atom is 0.241 e. The van der Waals surface area contributed by atoms with Gasteiger partial charge in [-0.1, -0.05) is 0 Å². The molecular formula is C11H20ClN3O2. The molecule has 5 nitrogen and oxygen atoms in total. The van der Waals surface area contributed by atoms with Crippen LogP contribution in [-0.4, -0.2) is 49.4 Å². The van der Waals surface area contributed by atoms with E-state index in [1.807, 2.05) is 4.90 Å². The van der Waals surface area contributed by atoms with Crippen LogP contribution in [0.1, 0.15) is 19.3 Å². The predicted octanol–water partition coefficient (Wildman–Crippen LogP) is -0.244. The molecule has 0 atom stereocenters. The SMILES string of the molecule is Cl.O=C(NCC(=O)N1CCCCC1)C1CNC1. The fraction of sp³-hybridized carbons (Fsp3) is 0.818. The van der Waals surface area contributed by atoms with Crippen LogP contribution in [-0.2, 0) is 9.59 Å². The Balaban J connectivity index is 0.00000144. The highest BCUT2D eigenvalue weighted by atomic mass is 35.5. The highest BCUT2D eigenvalue weighted by Gasteiger charge is 2.25. The second-order valence-electron chi connectivity index (χ2n) is 4.51. The lowest BCUT2D eigenvalue weighted by Gasteiger charge is -2.28. The number of halogens is 1. The molecule has 2 rings (SSSR count). The predicted molar refractivity (Wildman–Crippen MR) is 67.0 cm³/mol. The molecule has 2 aliphatic heterocycles. The third-order valence-electron chi connectivity index (χ3n) is 3.27. The Kier molecular flexibility index (Phi) is 5.71. The quantitative estimate of drug-likeness (QED) is 0.737. The van der Waals surface area contributed by atoms with Crippen molar-refractivity contribution in [2.75, 3.05) is 32.7 Å². The number of amides is 2. The van der Waals surface area contributed by atoms with Crippen molar-refractivity contribution in [3.63, 3.8) is 0 Å². The molecule has 0 bridgehead atoms. The summed E-state index contributed by atoms with van der Waals surface area (Å²) in [6, 6.07) is 0. The van der Waals surface area contributed by atoms with Gasteiger partial charge in [0, 0.05) is 26.2 Å². The first-order valence-corrected chi connectivity index (χ1v) is 6.03. The molecule has 2 saturated heterocycles. The molecule has 2 amide bonds. The Morgan fingerprint density at radius 3 is 2.35 bits per heavy atom. The van der Waals surface area contributed by atoms with Gasteiger partial charge < -0.3 is 15.5 Å². The third kappa shape index (κ3) is 3.85. The van der Waals surface area contributed by atoms with E-state index in [0.29, 0.717) is 0 Å². The molecule has 2 N–H and O–H groups in total. The summed E-state index contributed by atoms with van der Waals surface area (Å²) in [5.41, 5.74) is 0. The zero-order valence-corrected chi connectivity index (χ0v) is 10.7. The van der Waals surface area contributed by atoms with Crippen LogP contribution < -0.4 is 10.6 Å². The summed E-state index contributed by atoms with van der Waals surface area (Å²) in [6.45, 7) is 3.34. The first-order valence-electron chi connectivity index (χ1n) is 6.03. The van der Waals surface area contributed by atoms with E-state index in [4.69, 9.17) is 0 Å². The molecule has 0 aromatic rings. The Hall–Kier alpha value is -0.810. The summed E-state index contributed by atoms with van der Waals surface area (Å²) in [7, 11) is 0. The molecule has 6 heteroatoms. The molecule has 0 aromatic heterocycles. The zero-order chi connectivity index (χ0) is 11.4. The minimum Gasteiger partial charge on any atom is -0.347 e. The smallest absolute Gasteiger partial charge is 0.241 e. The van der Waals surface area contributed by atoms with Gasteiger partial charge in [0.1, 0.15) is 0 Å². The van der Waals surface area contributed by atoms with Crippen LogP contribution in [0.2, 0.25) is 0 Å². The fourth-order valence-corrected chi connectivity index (χ4v) is 2.04. The molecule has 0 saturated carbocycles. The lowest BCUT2D eigenvalue weighted by atomic mass is 10.0. The highest BCUT2D eigenvalue weighted by Crippen LogP contribution is 2.08. The standard InChI is InChI=1S/C11H19N3O2.ClH/c15-10(14-4-2-1-3-5-14)8-13-11(16)9-6-12-7-9;/h9,12H,1-8H2,(H,13,16);1H. The number of hydrogen-bond acceptors (Lipinski definition) is 3. The van der Waals surface area contributed by atoms with E-state index < -0.39 is 0 Å². The van der Waals surface area contributed by atoms with Crippen molar-refractivity contribution in [1.29, 1.82) is 0 Å². The lowest BCUT2D eigenvalue weighted by Crippen LogP contribution is -2.52. The maximum absolute atomic E-state index is 11.7. The number of nitrogens with zero attached hydrogens (tertiary/aromatic N) is 1. The molecule has 0 radical (unpaired) electrons. The van der Waals surface area contributed by atoms with Crippen LogP contribution in [0, 0.1) is 5.92 Å². The van der Waals surface area contributed by atoms with E-state index in [1.54, 1.807) is 0 Å². The van der Waals surface area contributed by atoms with Crippen LogP contribution in [0.4, 0.5) is 0 Å². The summed E-state index contributed by atoms with van der Waals surface area (Å²) >= 11 is 0. The number of piperidine rings is 1. The molecule has 0 aromatic carbocycles. The molecule has 2 fully saturated rings. The molecular weight excluding hydrogens is 242 g/mol. The molecule has 98 valence electrons. The second-order valence-corrected chi connectivity index (χ2v) is 4.51. The van der Waals surface area contributed by atoms with Crippen molar-refractivity contribution in [3.05, 3.63) is 0 Å². The summed E-state index contributed by atoms with van der Waals surface area (Å²) in [5, 5.41) is 5.75. The average Bonchev–Trinajstić information content (AvgIpc) is 2.25. The fourth-order valence-electron chi connectivity index (χ4n) is 2.04. The summed E-state index contributed by atoms with van der Waals surface area (Å²) in [6.07, 6.45) is 3.39. The van der Waals surface area contributed by atoms with E-state index >= 15 is 0 Å². The van der Waals surface area contributed by atoms with E-state index in [2.05, 4.69) is 10.6 Å². The van der Waals surface area contributed by atoms with Gasteiger partial charge in [-0.05, 0) is 19.3 Å². The Labute approximate surface area is 108 Å². The molecule has 0 aliphatic carbocycles. The highest BCUT2D eigenvalue weighted by molar-refractivity contribution is 5.86. The molecule has 0 unspecified atom stereocenters. The minimum absolute atomic E-state index is 0. The van der Waals surface area contributed by atoms with E-state index in [1.165, 1.54) is 6.42 Å². The largest absolute Gasteiger partial charge is 0.347 e. The van der Waals surface area contributed by atoms with Crippen molar-refractivity contribution in [2.45, 2.75) is 19.3 Å². The van der Waals surface area contributed by atoms with Crippen molar-refractivity contribution in [1.82, 2.24) is 15.5 Å². The number of nitrogens with one attached hydrogen (secondary N) is 2. The monoisotopic (exact) mass is 261 g/mol. The Morgan fingerprint density at radius 1 is 1.18 bits per heavy atom.